The number of carbonyl (C=O) groups excluding carboxylic acids is 1. The molecule has 0 unspecified atom stereocenters. The second-order valence-electron chi connectivity index (χ2n) is 4.17. The fourth-order valence-corrected chi connectivity index (χ4v) is 1.75. The number of amides is 2. The van der Waals surface area contributed by atoms with Gasteiger partial charge < -0.3 is 21.9 Å². The van der Waals surface area contributed by atoms with Crippen LogP contribution >= 0.6 is 0 Å². The van der Waals surface area contributed by atoms with Gasteiger partial charge >= 0.3 is 12.0 Å². The third-order valence-electron chi connectivity index (χ3n) is 2.35. The SMILES string of the molecule is NC(=O)NCCC[C@H](N)C(=O)O.O=S(=O)(O)c1ccccc1. The summed E-state index contributed by atoms with van der Waals surface area (Å²) in [5, 5.41) is 10.7. The highest BCUT2D eigenvalue weighted by Crippen LogP contribution is 2.05. The van der Waals surface area contributed by atoms with Gasteiger partial charge in [0.1, 0.15) is 6.04 Å². The number of hydrogen-bond donors (Lipinski definition) is 5. The number of nitrogens with one attached hydrogen (secondary N) is 1. The fraction of sp³-hybridized carbons (Fsp3) is 0.333. The first-order valence-corrected chi connectivity index (χ1v) is 7.63. The van der Waals surface area contributed by atoms with E-state index in [2.05, 4.69) is 5.32 Å². The number of primary amides is 1. The van der Waals surface area contributed by atoms with Crippen molar-refractivity contribution in [3.05, 3.63) is 30.3 Å². The van der Waals surface area contributed by atoms with Crippen molar-refractivity contribution in [2.75, 3.05) is 6.54 Å². The maximum absolute atomic E-state index is 10.4. The van der Waals surface area contributed by atoms with Crippen LogP contribution in [-0.2, 0) is 14.9 Å². The Morgan fingerprint density at radius 3 is 2.14 bits per heavy atom. The van der Waals surface area contributed by atoms with Crippen LogP contribution in [0.15, 0.2) is 35.2 Å². The summed E-state index contributed by atoms with van der Waals surface area (Å²) in [7, 11) is -4.00. The predicted molar refractivity (Wildman–Crippen MR) is 78.7 cm³/mol. The number of rotatable bonds is 6. The number of benzene rings is 1. The standard InChI is InChI=1S/C6H13N3O3.C6H6O3S/c7-4(5(10)11)2-1-3-9-6(8)12;7-10(8,9)6-4-2-1-3-5-6/h4H,1-3,7H2,(H,10,11)(H3,8,9,12);1-5H,(H,7,8,9)/t4-;/m0./s1. The van der Waals surface area contributed by atoms with E-state index in [1.54, 1.807) is 18.2 Å². The van der Waals surface area contributed by atoms with E-state index in [1.165, 1.54) is 12.1 Å². The Labute approximate surface area is 128 Å². The molecule has 0 heterocycles. The Hall–Kier alpha value is -2.17. The van der Waals surface area contributed by atoms with Gasteiger partial charge in [-0.25, -0.2) is 4.79 Å². The smallest absolute Gasteiger partial charge is 0.320 e. The molecule has 0 radical (unpaired) electrons. The van der Waals surface area contributed by atoms with Crippen molar-refractivity contribution < 1.29 is 27.7 Å². The van der Waals surface area contributed by atoms with Crippen LogP contribution in [0.2, 0.25) is 0 Å². The number of carbonyl (C=O) groups is 2. The second-order valence-corrected chi connectivity index (χ2v) is 5.59. The summed E-state index contributed by atoms with van der Waals surface area (Å²) in [5.41, 5.74) is 9.96. The van der Waals surface area contributed by atoms with E-state index in [-0.39, 0.29) is 4.90 Å². The molecule has 22 heavy (non-hydrogen) atoms. The zero-order valence-corrected chi connectivity index (χ0v) is 12.5. The maximum Gasteiger partial charge on any atom is 0.320 e. The molecule has 1 aromatic carbocycles. The lowest BCUT2D eigenvalue weighted by molar-refractivity contribution is -0.138. The van der Waals surface area contributed by atoms with Gasteiger partial charge in [0, 0.05) is 6.54 Å². The Bertz CT molecular complexity index is 576. The summed E-state index contributed by atoms with van der Waals surface area (Å²) in [6, 6.07) is 5.95. The molecular weight excluding hydrogens is 314 g/mol. The number of carboxylic acid groups (broad SMARTS) is 1. The lowest BCUT2D eigenvalue weighted by Crippen LogP contribution is -2.33. The highest BCUT2D eigenvalue weighted by Gasteiger charge is 2.09. The third kappa shape index (κ3) is 9.69. The van der Waals surface area contributed by atoms with Gasteiger partial charge in [0.2, 0.25) is 0 Å². The molecule has 0 aliphatic rings. The Kier molecular flexibility index (Phi) is 8.75. The monoisotopic (exact) mass is 333 g/mol. The molecule has 0 saturated carbocycles. The number of urea groups is 1. The van der Waals surface area contributed by atoms with Crippen LogP contribution in [0.4, 0.5) is 4.79 Å². The van der Waals surface area contributed by atoms with Crippen LogP contribution in [0, 0.1) is 0 Å². The van der Waals surface area contributed by atoms with E-state index >= 15 is 0 Å². The van der Waals surface area contributed by atoms with E-state index in [1.807, 2.05) is 0 Å². The van der Waals surface area contributed by atoms with Crippen LogP contribution in [-0.4, -0.2) is 42.7 Å². The van der Waals surface area contributed by atoms with Crippen molar-refractivity contribution >= 4 is 22.1 Å². The maximum atomic E-state index is 10.4. The van der Waals surface area contributed by atoms with Crippen LogP contribution in [0.5, 0.6) is 0 Å². The molecule has 10 heteroatoms. The quantitative estimate of drug-likeness (QED) is 0.353. The van der Waals surface area contributed by atoms with Crippen LogP contribution < -0.4 is 16.8 Å². The minimum atomic E-state index is -4.00. The van der Waals surface area contributed by atoms with Gasteiger partial charge in [-0.3, -0.25) is 9.35 Å². The summed E-state index contributed by atoms with van der Waals surface area (Å²) < 4.78 is 29.2. The number of hydrogen-bond acceptors (Lipinski definition) is 5. The molecule has 9 nitrogen and oxygen atoms in total. The molecule has 0 spiro atoms. The largest absolute Gasteiger partial charge is 0.480 e. The summed E-state index contributed by atoms with van der Waals surface area (Å²) >= 11 is 0. The summed E-state index contributed by atoms with van der Waals surface area (Å²) in [5.74, 6) is -1.03. The third-order valence-corrected chi connectivity index (χ3v) is 3.22. The Balaban J connectivity index is 0.000000406. The Morgan fingerprint density at radius 2 is 1.77 bits per heavy atom. The summed E-state index contributed by atoms with van der Waals surface area (Å²) in [6.45, 7) is 0.357. The first-order chi connectivity index (χ1) is 10.1. The molecule has 0 fully saturated rings. The van der Waals surface area contributed by atoms with Gasteiger partial charge in [-0.1, -0.05) is 18.2 Å². The fourth-order valence-electron chi connectivity index (χ4n) is 1.25. The lowest BCUT2D eigenvalue weighted by atomic mass is 10.2. The zero-order valence-electron chi connectivity index (χ0n) is 11.7. The molecule has 1 rings (SSSR count). The van der Waals surface area contributed by atoms with Gasteiger partial charge in [0.15, 0.2) is 0 Å². The minimum absolute atomic E-state index is 0.0741. The van der Waals surface area contributed by atoms with Crippen molar-refractivity contribution in [2.45, 2.75) is 23.8 Å². The molecule has 124 valence electrons. The van der Waals surface area contributed by atoms with Crippen LogP contribution in [0.1, 0.15) is 12.8 Å². The summed E-state index contributed by atoms with van der Waals surface area (Å²) in [6.07, 6.45) is 0.839. The number of carboxylic acids is 1. The topological polar surface area (TPSA) is 173 Å². The Morgan fingerprint density at radius 1 is 1.23 bits per heavy atom. The van der Waals surface area contributed by atoms with Crippen molar-refractivity contribution in [3.8, 4) is 0 Å². The predicted octanol–water partition coefficient (Wildman–Crippen LogP) is -0.220. The second kappa shape index (κ2) is 9.71. The molecule has 0 aliphatic carbocycles. The average Bonchev–Trinajstić information content (AvgIpc) is 2.44. The van der Waals surface area contributed by atoms with Gasteiger partial charge in [0.25, 0.3) is 10.1 Å². The number of nitrogens with two attached hydrogens (primary N) is 2. The molecule has 0 aliphatic heterocycles. The van der Waals surface area contributed by atoms with E-state index in [4.69, 9.17) is 21.1 Å². The highest BCUT2D eigenvalue weighted by molar-refractivity contribution is 7.85. The van der Waals surface area contributed by atoms with Crippen molar-refractivity contribution in [1.29, 1.82) is 0 Å². The molecule has 0 bridgehead atoms. The molecule has 2 amide bonds. The normalized spacial score (nSPS) is 11.7. The van der Waals surface area contributed by atoms with Gasteiger partial charge in [-0.15, -0.1) is 0 Å². The van der Waals surface area contributed by atoms with Crippen molar-refractivity contribution in [2.24, 2.45) is 11.5 Å². The van der Waals surface area contributed by atoms with E-state index < -0.39 is 28.2 Å². The van der Waals surface area contributed by atoms with E-state index in [0.29, 0.717) is 19.4 Å². The van der Waals surface area contributed by atoms with Crippen LogP contribution in [0.25, 0.3) is 0 Å². The van der Waals surface area contributed by atoms with Crippen molar-refractivity contribution in [3.63, 3.8) is 0 Å². The van der Waals surface area contributed by atoms with Crippen LogP contribution in [0.3, 0.4) is 0 Å². The summed E-state index contributed by atoms with van der Waals surface area (Å²) in [4.78, 5) is 20.3. The number of aliphatic carboxylic acids is 1. The molecular formula is C12H19N3O6S. The molecule has 1 atom stereocenters. The zero-order chi connectivity index (χ0) is 17.2. The molecule has 7 N–H and O–H groups in total. The lowest BCUT2D eigenvalue weighted by Gasteiger charge is -2.05. The molecule has 0 aromatic heterocycles. The van der Waals surface area contributed by atoms with Crippen molar-refractivity contribution in [1.82, 2.24) is 5.32 Å². The van der Waals surface area contributed by atoms with E-state index in [9.17, 15) is 18.0 Å². The average molecular weight is 333 g/mol. The first kappa shape index (κ1) is 19.8. The first-order valence-electron chi connectivity index (χ1n) is 6.19. The minimum Gasteiger partial charge on any atom is -0.480 e. The van der Waals surface area contributed by atoms with Gasteiger partial charge in [-0.2, -0.15) is 8.42 Å². The molecule has 0 saturated heterocycles. The highest BCUT2D eigenvalue weighted by atomic mass is 32.2. The molecule has 1 aromatic rings. The van der Waals surface area contributed by atoms with E-state index in [0.717, 1.165) is 0 Å². The van der Waals surface area contributed by atoms with Gasteiger partial charge in [-0.05, 0) is 25.0 Å². The van der Waals surface area contributed by atoms with Gasteiger partial charge in [0.05, 0.1) is 4.90 Å².